The normalized spacial score (nSPS) is 21.5. The van der Waals surface area contributed by atoms with Crippen LogP contribution < -0.4 is 0 Å². The minimum absolute atomic E-state index is 0.544. The first-order chi connectivity index (χ1) is 5.06. The van der Waals surface area contributed by atoms with Gasteiger partial charge in [0, 0.05) is 18.1 Å². The lowest BCUT2D eigenvalue weighted by Gasteiger charge is -1.85. The zero-order valence-electron chi connectivity index (χ0n) is 8.17. The standard InChI is InChI=1S/C4H7NO2S/c1-8(6,7)4-2-3-5/h2,4H2,1H3/i2D2,4D2. The van der Waals surface area contributed by atoms with E-state index >= 15 is 0 Å². The molecule has 0 aliphatic heterocycles. The Hall–Kier alpha value is -0.560. The molecule has 0 aromatic heterocycles. The Bertz CT molecular complexity index is 314. The summed E-state index contributed by atoms with van der Waals surface area (Å²) in [5.74, 6) is 0. The van der Waals surface area contributed by atoms with Crippen molar-refractivity contribution >= 4 is 9.84 Å². The van der Waals surface area contributed by atoms with E-state index in [2.05, 4.69) is 0 Å². The Kier molecular flexibility index (Phi) is 0.947. The third-order valence-corrected chi connectivity index (χ3v) is 0.765. The van der Waals surface area contributed by atoms with Gasteiger partial charge in [0.2, 0.25) is 0 Å². The van der Waals surface area contributed by atoms with Crippen molar-refractivity contribution < 1.29 is 13.9 Å². The summed E-state index contributed by atoms with van der Waals surface area (Å²) in [5, 5.41) is 8.16. The summed E-state index contributed by atoms with van der Waals surface area (Å²) in [6.45, 7) is 0. The van der Waals surface area contributed by atoms with Gasteiger partial charge in [-0.05, 0) is 0 Å². The van der Waals surface area contributed by atoms with E-state index in [1.807, 2.05) is 0 Å². The van der Waals surface area contributed by atoms with Crippen LogP contribution in [0, 0.1) is 11.3 Å². The summed E-state index contributed by atoms with van der Waals surface area (Å²) in [4.78, 5) is 0. The Labute approximate surface area is 54.5 Å². The summed E-state index contributed by atoms with van der Waals surface area (Å²) >= 11 is 0. The molecule has 0 spiro atoms. The highest BCUT2D eigenvalue weighted by atomic mass is 32.2. The predicted molar refractivity (Wildman–Crippen MR) is 29.9 cm³/mol. The first-order valence-electron chi connectivity index (χ1n) is 3.67. The molecular formula is C4H7NO2S. The summed E-state index contributed by atoms with van der Waals surface area (Å²) in [7, 11) is -4.24. The highest BCUT2D eigenvalue weighted by Gasteiger charge is 1.98. The average molecular weight is 137 g/mol. The number of nitriles is 1. The van der Waals surface area contributed by atoms with Crippen LogP contribution in [0.15, 0.2) is 0 Å². The van der Waals surface area contributed by atoms with Crippen LogP contribution in [0.3, 0.4) is 0 Å². The second-order valence-corrected chi connectivity index (χ2v) is 2.86. The molecule has 0 atom stereocenters. The third-order valence-electron chi connectivity index (χ3n) is 0.292. The molecule has 0 heterocycles. The van der Waals surface area contributed by atoms with Gasteiger partial charge in [0.1, 0.15) is 9.84 Å². The van der Waals surface area contributed by atoms with Crippen molar-refractivity contribution in [1.82, 2.24) is 0 Å². The van der Waals surface area contributed by atoms with Crippen molar-refractivity contribution in [3.05, 3.63) is 0 Å². The zero-order valence-corrected chi connectivity index (χ0v) is 4.99. The molecule has 4 heteroatoms. The maximum atomic E-state index is 10.7. The van der Waals surface area contributed by atoms with Crippen LogP contribution in [0.5, 0.6) is 0 Å². The SMILES string of the molecule is [2H]C([2H])(C#N)C([2H])([2H])S(C)(=O)=O. The molecule has 0 amide bonds. The summed E-state index contributed by atoms with van der Waals surface area (Å²) in [6.07, 6.45) is -2.48. The van der Waals surface area contributed by atoms with Crippen LogP contribution in [0.2, 0.25) is 0 Å². The average Bonchev–Trinajstić information content (AvgIpc) is 1.85. The van der Waals surface area contributed by atoms with E-state index in [4.69, 9.17) is 10.7 Å². The molecule has 0 radical (unpaired) electrons. The molecule has 0 fully saturated rings. The van der Waals surface area contributed by atoms with Gasteiger partial charge in [-0.2, -0.15) is 5.26 Å². The minimum Gasteiger partial charge on any atom is -0.229 e. The predicted octanol–water partition coefficient (Wildman–Crippen LogP) is -0.0553. The molecule has 0 aliphatic carbocycles. The van der Waals surface area contributed by atoms with E-state index in [-0.39, 0.29) is 0 Å². The van der Waals surface area contributed by atoms with Crippen molar-refractivity contribution in [3.63, 3.8) is 0 Å². The molecular weight excluding hydrogens is 126 g/mol. The van der Waals surface area contributed by atoms with Crippen LogP contribution in [-0.4, -0.2) is 20.4 Å². The fourth-order valence-corrected chi connectivity index (χ4v) is 0.347. The maximum absolute atomic E-state index is 10.7. The van der Waals surface area contributed by atoms with Crippen molar-refractivity contribution in [1.29, 1.82) is 5.26 Å². The molecule has 0 saturated heterocycles. The molecule has 0 saturated carbocycles. The molecule has 0 N–H and O–H groups in total. The molecule has 0 unspecified atom stereocenters. The highest BCUT2D eigenvalue weighted by Crippen LogP contribution is 1.84. The van der Waals surface area contributed by atoms with E-state index in [1.165, 1.54) is 0 Å². The van der Waals surface area contributed by atoms with Gasteiger partial charge in [-0.1, -0.05) is 0 Å². The van der Waals surface area contributed by atoms with Gasteiger partial charge in [-0.3, -0.25) is 0 Å². The van der Waals surface area contributed by atoms with Gasteiger partial charge in [-0.25, -0.2) is 8.42 Å². The zero-order chi connectivity index (χ0) is 10.2. The van der Waals surface area contributed by atoms with E-state index in [1.54, 1.807) is 0 Å². The Morgan fingerprint density at radius 1 is 1.88 bits per heavy atom. The Balaban J connectivity index is 5.32. The fourth-order valence-electron chi connectivity index (χ4n) is 0.116. The molecule has 8 heavy (non-hydrogen) atoms. The molecule has 0 aromatic carbocycles. The molecule has 0 bridgehead atoms. The topological polar surface area (TPSA) is 57.9 Å². The second kappa shape index (κ2) is 2.68. The van der Waals surface area contributed by atoms with E-state index in [9.17, 15) is 8.42 Å². The number of sulfone groups is 1. The van der Waals surface area contributed by atoms with E-state index in [0.29, 0.717) is 6.26 Å². The van der Waals surface area contributed by atoms with Gasteiger partial charge >= 0.3 is 0 Å². The first kappa shape index (κ1) is 2.83. The largest absolute Gasteiger partial charge is 0.229 e. The maximum Gasteiger partial charge on any atom is 0.148 e. The molecule has 0 aromatic rings. The van der Waals surface area contributed by atoms with Gasteiger partial charge in [0.15, 0.2) is 0 Å². The lowest BCUT2D eigenvalue weighted by atomic mass is 10.6. The monoisotopic (exact) mass is 137 g/mol. The van der Waals surface area contributed by atoms with Crippen LogP contribution >= 0.6 is 0 Å². The number of nitrogens with zero attached hydrogens (tertiary/aromatic N) is 1. The van der Waals surface area contributed by atoms with Crippen molar-refractivity contribution in [2.45, 2.75) is 6.37 Å². The van der Waals surface area contributed by atoms with Crippen LogP contribution in [-0.2, 0) is 9.84 Å². The van der Waals surface area contributed by atoms with Crippen molar-refractivity contribution in [2.75, 3.05) is 12.0 Å². The molecule has 0 aliphatic rings. The Morgan fingerprint density at radius 2 is 2.38 bits per heavy atom. The van der Waals surface area contributed by atoms with Crippen LogP contribution in [0.25, 0.3) is 0 Å². The second-order valence-electron chi connectivity index (χ2n) is 1.11. The fraction of sp³-hybridized carbons (Fsp3) is 0.750. The van der Waals surface area contributed by atoms with Crippen molar-refractivity contribution in [3.8, 4) is 6.07 Å². The summed E-state index contributed by atoms with van der Waals surface area (Å²) in [6, 6.07) is 0.967. The van der Waals surface area contributed by atoms with Gasteiger partial charge in [0.25, 0.3) is 0 Å². The number of rotatable bonds is 2. The lowest BCUT2D eigenvalue weighted by molar-refractivity contribution is 0.601. The van der Waals surface area contributed by atoms with E-state index in [0.717, 1.165) is 6.07 Å². The van der Waals surface area contributed by atoms with Gasteiger partial charge in [-0.15, -0.1) is 0 Å². The Morgan fingerprint density at radius 3 is 2.50 bits per heavy atom. The minimum atomic E-state index is -4.24. The van der Waals surface area contributed by atoms with Crippen molar-refractivity contribution in [2.24, 2.45) is 0 Å². The highest BCUT2D eigenvalue weighted by molar-refractivity contribution is 7.90. The van der Waals surface area contributed by atoms with Gasteiger partial charge in [0.05, 0.1) is 11.8 Å². The van der Waals surface area contributed by atoms with E-state index < -0.39 is 21.9 Å². The molecule has 46 valence electrons. The smallest absolute Gasteiger partial charge is 0.148 e. The summed E-state index contributed by atoms with van der Waals surface area (Å²) < 4.78 is 48.7. The molecule has 3 nitrogen and oxygen atoms in total. The first-order valence-corrected chi connectivity index (χ1v) is 3.56. The van der Waals surface area contributed by atoms with Crippen LogP contribution in [0.1, 0.15) is 11.9 Å². The third kappa shape index (κ3) is 5.44. The lowest BCUT2D eigenvalue weighted by Crippen LogP contribution is -2.00. The summed E-state index contributed by atoms with van der Waals surface area (Å²) in [5.41, 5.74) is -3.17. The molecule has 0 rings (SSSR count). The number of hydrogen-bond acceptors (Lipinski definition) is 3. The number of hydrogen-bond donors (Lipinski definition) is 0. The van der Waals surface area contributed by atoms with Crippen LogP contribution in [0.4, 0.5) is 0 Å². The quantitative estimate of drug-likeness (QED) is 0.536. The van der Waals surface area contributed by atoms with Gasteiger partial charge < -0.3 is 0 Å².